The van der Waals surface area contributed by atoms with Crippen molar-refractivity contribution in [3.63, 3.8) is 0 Å². The van der Waals surface area contributed by atoms with Crippen molar-refractivity contribution in [2.24, 2.45) is 0 Å². The molecule has 0 heterocycles. The summed E-state index contributed by atoms with van der Waals surface area (Å²) in [5.41, 5.74) is 1.50. The van der Waals surface area contributed by atoms with Crippen molar-refractivity contribution in [2.75, 3.05) is 6.61 Å². The summed E-state index contributed by atoms with van der Waals surface area (Å²) in [5, 5.41) is 0. The minimum absolute atomic E-state index is 0.188. The number of hydrogen-bond donors (Lipinski definition) is 0. The summed E-state index contributed by atoms with van der Waals surface area (Å²) in [5.74, 6) is 0.884. The van der Waals surface area contributed by atoms with E-state index in [1.807, 2.05) is 61.5 Å². The van der Waals surface area contributed by atoms with Gasteiger partial charge in [0.15, 0.2) is 5.78 Å². The lowest BCUT2D eigenvalue weighted by Gasteiger charge is -2.17. The molecule has 1 fully saturated rings. The number of para-hydroxylation sites is 1. The predicted octanol–water partition coefficient (Wildman–Crippen LogP) is 4.00. The first-order chi connectivity index (χ1) is 9.78. The van der Waals surface area contributed by atoms with Crippen molar-refractivity contribution in [1.82, 2.24) is 0 Å². The minimum Gasteiger partial charge on any atom is -0.493 e. The van der Waals surface area contributed by atoms with Gasteiger partial charge in [0.1, 0.15) is 5.75 Å². The van der Waals surface area contributed by atoms with Crippen LogP contribution in [0.15, 0.2) is 54.6 Å². The second-order valence-corrected chi connectivity index (χ2v) is 5.21. The van der Waals surface area contributed by atoms with Crippen molar-refractivity contribution in [2.45, 2.75) is 25.2 Å². The van der Waals surface area contributed by atoms with E-state index in [1.165, 1.54) is 0 Å². The summed E-state index contributed by atoms with van der Waals surface area (Å²) >= 11 is 0. The number of ether oxygens (including phenoxy) is 1. The van der Waals surface area contributed by atoms with Gasteiger partial charge in [-0.2, -0.15) is 0 Å². The molecular formula is C18H18O2. The fourth-order valence-corrected chi connectivity index (χ4v) is 2.72. The van der Waals surface area contributed by atoms with E-state index in [0.717, 1.165) is 18.4 Å². The summed E-state index contributed by atoms with van der Waals surface area (Å²) in [4.78, 5) is 12.9. The Balaban J connectivity index is 1.98. The molecule has 102 valence electrons. The second-order valence-electron chi connectivity index (χ2n) is 5.21. The molecule has 0 radical (unpaired) electrons. The number of carbonyl (C=O) groups is 1. The molecule has 1 aliphatic rings. The molecule has 3 rings (SSSR count). The lowest BCUT2D eigenvalue weighted by molar-refractivity contribution is 0.0942. The zero-order valence-electron chi connectivity index (χ0n) is 11.6. The Morgan fingerprint density at radius 2 is 1.70 bits per heavy atom. The monoisotopic (exact) mass is 266 g/mol. The van der Waals surface area contributed by atoms with Gasteiger partial charge in [0.2, 0.25) is 0 Å². The fourth-order valence-electron chi connectivity index (χ4n) is 2.72. The van der Waals surface area contributed by atoms with Gasteiger partial charge in [0.05, 0.1) is 17.6 Å². The second kappa shape index (κ2) is 5.12. The van der Waals surface area contributed by atoms with Crippen LogP contribution in [0.5, 0.6) is 5.75 Å². The molecule has 0 aromatic heterocycles. The number of hydrogen-bond acceptors (Lipinski definition) is 2. The summed E-state index contributed by atoms with van der Waals surface area (Å²) in [6, 6.07) is 17.6. The first-order valence-corrected chi connectivity index (χ1v) is 7.10. The van der Waals surface area contributed by atoms with E-state index in [1.54, 1.807) is 0 Å². The van der Waals surface area contributed by atoms with Crippen LogP contribution < -0.4 is 4.74 Å². The summed E-state index contributed by atoms with van der Waals surface area (Å²) in [6.45, 7) is 2.51. The van der Waals surface area contributed by atoms with Gasteiger partial charge in [-0.15, -0.1) is 0 Å². The van der Waals surface area contributed by atoms with Gasteiger partial charge < -0.3 is 4.74 Å². The lowest BCUT2D eigenvalue weighted by Crippen LogP contribution is -2.21. The Kier molecular flexibility index (Phi) is 3.31. The maximum atomic E-state index is 12.9. The number of rotatable bonds is 5. The average molecular weight is 266 g/mol. The highest BCUT2D eigenvalue weighted by Gasteiger charge is 2.51. The molecule has 0 atom stereocenters. The Morgan fingerprint density at radius 1 is 1.05 bits per heavy atom. The van der Waals surface area contributed by atoms with Gasteiger partial charge in [-0.3, -0.25) is 4.79 Å². The molecule has 1 aliphatic carbocycles. The van der Waals surface area contributed by atoms with Gasteiger partial charge in [0, 0.05) is 0 Å². The van der Waals surface area contributed by atoms with Crippen molar-refractivity contribution >= 4 is 5.78 Å². The third-order valence-corrected chi connectivity index (χ3v) is 3.94. The maximum Gasteiger partial charge on any atom is 0.177 e. The van der Waals surface area contributed by atoms with Crippen LogP contribution in [0.1, 0.15) is 35.7 Å². The Labute approximate surface area is 119 Å². The molecule has 0 saturated heterocycles. The standard InChI is InChI=1S/C18H18O2/c1-2-20-16-11-7-6-10-15(16)17(19)18(12-13-18)14-8-4-3-5-9-14/h3-11H,2,12-13H2,1H3. The van der Waals surface area contributed by atoms with Gasteiger partial charge in [-0.1, -0.05) is 42.5 Å². The van der Waals surface area contributed by atoms with Crippen LogP contribution in [0.25, 0.3) is 0 Å². The van der Waals surface area contributed by atoms with Gasteiger partial charge in [-0.25, -0.2) is 0 Å². The smallest absolute Gasteiger partial charge is 0.177 e. The third kappa shape index (κ3) is 2.11. The fraction of sp³-hybridized carbons (Fsp3) is 0.278. The molecule has 0 bridgehead atoms. The number of benzene rings is 2. The minimum atomic E-state index is -0.325. The van der Waals surface area contributed by atoms with Crippen LogP contribution in [0.3, 0.4) is 0 Å². The molecule has 0 unspecified atom stereocenters. The highest BCUT2D eigenvalue weighted by molar-refractivity contribution is 6.08. The predicted molar refractivity (Wildman–Crippen MR) is 79.3 cm³/mol. The van der Waals surface area contributed by atoms with Gasteiger partial charge in [0.25, 0.3) is 0 Å². The summed E-state index contributed by atoms with van der Waals surface area (Å²) in [6.07, 6.45) is 1.85. The molecule has 0 amide bonds. The summed E-state index contributed by atoms with van der Waals surface area (Å²) in [7, 11) is 0. The Bertz CT molecular complexity index is 612. The van der Waals surface area contributed by atoms with E-state index in [0.29, 0.717) is 17.9 Å². The molecule has 2 heteroatoms. The van der Waals surface area contributed by atoms with E-state index in [2.05, 4.69) is 0 Å². The quantitative estimate of drug-likeness (QED) is 0.765. The van der Waals surface area contributed by atoms with Crippen molar-refractivity contribution < 1.29 is 9.53 Å². The first kappa shape index (κ1) is 12.9. The van der Waals surface area contributed by atoms with Crippen LogP contribution in [-0.4, -0.2) is 12.4 Å². The van der Waals surface area contributed by atoms with Crippen LogP contribution >= 0.6 is 0 Å². The molecule has 0 N–H and O–H groups in total. The van der Waals surface area contributed by atoms with Crippen LogP contribution in [0.4, 0.5) is 0 Å². The molecule has 2 aromatic rings. The molecular weight excluding hydrogens is 248 g/mol. The van der Waals surface area contributed by atoms with E-state index in [4.69, 9.17) is 4.74 Å². The zero-order valence-corrected chi connectivity index (χ0v) is 11.6. The van der Waals surface area contributed by atoms with Crippen LogP contribution in [0.2, 0.25) is 0 Å². The van der Waals surface area contributed by atoms with Crippen LogP contribution in [-0.2, 0) is 5.41 Å². The SMILES string of the molecule is CCOc1ccccc1C(=O)C1(c2ccccc2)CC1. The van der Waals surface area contributed by atoms with E-state index >= 15 is 0 Å². The molecule has 2 nitrogen and oxygen atoms in total. The highest BCUT2D eigenvalue weighted by atomic mass is 16.5. The molecule has 1 saturated carbocycles. The van der Waals surface area contributed by atoms with E-state index in [-0.39, 0.29) is 11.2 Å². The number of carbonyl (C=O) groups excluding carboxylic acids is 1. The molecule has 20 heavy (non-hydrogen) atoms. The summed E-state index contributed by atoms with van der Waals surface area (Å²) < 4.78 is 5.60. The van der Waals surface area contributed by atoms with Gasteiger partial charge in [-0.05, 0) is 37.5 Å². The first-order valence-electron chi connectivity index (χ1n) is 7.10. The van der Waals surface area contributed by atoms with E-state index < -0.39 is 0 Å². The third-order valence-electron chi connectivity index (χ3n) is 3.94. The zero-order chi connectivity index (χ0) is 14.0. The molecule has 0 spiro atoms. The van der Waals surface area contributed by atoms with Crippen LogP contribution in [0, 0.1) is 0 Å². The molecule has 0 aliphatic heterocycles. The van der Waals surface area contributed by atoms with E-state index in [9.17, 15) is 4.79 Å². The topological polar surface area (TPSA) is 26.3 Å². The van der Waals surface area contributed by atoms with Crippen molar-refractivity contribution in [3.8, 4) is 5.75 Å². The van der Waals surface area contributed by atoms with Crippen molar-refractivity contribution in [1.29, 1.82) is 0 Å². The Hall–Kier alpha value is -2.09. The molecule has 2 aromatic carbocycles. The normalized spacial score (nSPS) is 15.7. The Morgan fingerprint density at radius 3 is 2.35 bits per heavy atom. The number of Topliss-reactive ketones (excluding diaryl/α,β-unsaturated/α-hetero) is 1. The highest BCUT2D eigenvalue weighted by Crippen LogP contribution is 2.51. The average Bonchev–Trinajstić information content (AvgIpc) is 3.30. The van der Waals surface area contributed by atoms with Crippen molar-refractivity contribution in [3.05, 3.63) is 65.7 Å². The lowest BCUT2D eigenvalue weighted by atomic mass is 9.87. The largest absolute Gasteiger partial charge is 0.493 e. The van der Waals surface area contributed by atoms with Gasteiger partial charge >= 0.3 is 0 Å². The number of ketones is 1. The maximum absolute atomic E-state index is 12.9.